The van der Waals surface area contributed by atoms with Gasteiger partial charge in [-0.3, -0.25) is 9.59 Å². The fourth-order valence-corrected chi connectivity index (χ4v) is 9.19. The molecule has 16 heteroatoms. The third-order valence-electron chi connectivity index (χ3n) is 9.71. The van der Waals surface area contributed by atoms with Gasteiger partial charge in [0.2, 0.25) is 11.8 Å². The summed E-state index contributed by atoms with van der Waals surface area (Å²) in [5.41, 5.74) is 3.36. The highest BCUT2D eigenvalue weighted by Crippen LogP contribution is 2.40. The van der Waals surface area contributed by atoms with Crippen molar-refractivity contribution >= 4 is 56.1 Å². The fourth-order valence-electron chi connectivity index (χ4n) is 6.89. The van der Waals surface area contributed by atoms with Gasteiger partial charge in [0, 0.05) is 29.4 Å². The van der Waals surface area contributed by atoms with Gasteiger partial charge in [0.1, 0.15) is 29.4 Å². The van der Waals surface area contributed by atoms with Crippen molar-refractivity contribution in [3.63, 3.8) is 0 Å². The van der Waals surface area contributed by atoms with Crippen molar-refractivity contribution in [3.8, 4) is 34.9 Å². The molecule has 6 heterocycles. The van der Waals surface area contributed by atoms with Gasteiger partial charge in [0.15, 0.2) is 0 Å². The predicted molar refractivity (Wildman–Crippen MR) is 205 cm³/mol. The maximum absolute atomic E-state index is 13.6. The van der Waals surface area contributed by atoms with Crippen molar-refractivity contribution < 1.29 is 28.7 Å². The second-order valence-corrected chi connectivity index (χ2v) is 15.7. The Labute approximate surface area is 321 Å². The van der Waals surface area contributed by atoms with Crippen molar-refractivity contribution in [1.29, 1.82) is 0 Å². The van der Waals surface area contributed by atoms with E-state index in [4.69, 9.17) is 14.5 Å². The van der Waals surface area contributed by atoms with Crippen molar-refractivity contribution in [1.82, 2.24) is 40.4 Å². The molecule has 14 nitrogen and oxygen atoms in total. The summed E-state index contributed by atoms with van der Waals surface area (Å²) < 4.78 is 11.6. The van der Waals surface area contributed by atoms with E-state index in [1.165, 1.54) is 14.2 Å². The number of carbonyl (C=O) groups is 4. The van der Waals surface area contributed by atoms with Crippen LogP contribution in [0.4, 0.5) is 9.59 Å². The van der Waals surface area contributed by atoms with E-state index in [0.717, 1.165) is 51.9 Å². The van der Waals surface area contributed by atoms with Gasteiger partial charge in [0.25, 0.3) is 0 Å². The van der Waals surface area contributed by atoms with E-state index in [9.17, 15) is 19.2 Å². The number of aromatic amines is 2. The molecule has 4 aromatic heterocycles. The molecule has 6 rings (SSSR count). The molecule has 0 aromatic carbocycles. The Hall–Kier alpha value is -5.32. The van der Waals surface area contributed by atoms with Gasteiger partial charge in [-0.1, -0.05) is 33.6 Å². The number of hydrogen-bond acceptors (Lipinski definition) is 10. The van der Waals surface area contributed by atoms with Gasteiger partial charge in [-0.25, -0.2) is 19.6 Å². The SMILES string of the molecule is COC(=O)NC(C(=O)N1CCCC1c1ncc(C#CC#Cc2csc3c(-c4cnc(C5CCCN5C(=O)[C@@H](NC(=O)OC)C(C)C)[nH]4)csc23)[nH]1)C(C)C. The Balaban J connectivity index is 1.12. The molecule has 0 spiro atoms. The second-order valence-electron chi connectivity index (χ2n) is 13.9. The molecule has 284 valence electrons. The average molecular weight is 773 g/mol. The van der Waals surface area contributed by atoms with Gasteiger partial charge in [-0.15, -0.1) is 22.7 Å². The van der Waals surface area contributed by atoms with E-state index in [-0.39, 0.29) is 35.7 Å². The molecule has 0 radical (unpaired) electrons. The Morgan fingerprint density at radius 3 is 1.89 bits per heavy atom. The number of H-pyrrole nitrogens is 2. The van der Waals surface area contributed by atoms with Crippen LogP contribution in [0.15, 0.2) is 23.2 Å². The number of carbonyl (C=O) groups excluding carboxylic acids is 4. The summed E-state index contributed by atoms with van der Waals surface area (Å²) in [5.74, 6) is 12.9. The number of thiophene rings is 2. The van der Waals surface area contributed by atoms with Crippen molar-refractivity contribution in [2.24, 2.45) is 11.8 Å². The third kappa shape index (κ3) is 8.10. The van der Waals surface area contributed by atoms with Crippen LogP contribution < -0.4 is 10.6 Å². The minimum atomic E-state index is -0.704. The predicted octanol–water partition coefficient (Wildman–Crippen LogP) is 5.57. The van der Waals surface area contributed by atoms with Crippen molar-refractivity contribution in [3.05, 3.63) is 46.1 Å². The lowest BCUT2D eigenvalue weighted by molar-refractivity contribution is -0.136. The van der Waals surface area contributed by atoms with Crippen LogP contribution in [0.1, 0.15) is 88.4 Å². The first kappa shape index (κ1) is 38.4. The lowest BCUT2D eigenvalue weighted by Crippen LogP contribution is -2.51. The summed E-state index contributed by atoms with van der Waals surface area (Å²) >= 11 is 3.21. The highest BCUT2D eigenvalue weighted by atomic mass is 32.1. The molecule has 0 bridgehead atoms. The molecule has 2 fully saturated rings. The lowest BCUT2D eigenvalue weighted by Gasteiger charge is -2.30. The first-order chi connectivity index (χ1) is 26.0. The Kier molecular flexibility index (Phi) is 11.9. The molecule has 2 aliphatic rings. The van der Waals surface area contributed by atoms with Gasteiger partial charge < -0.3 is 39.9 Å². The first-order valence-corrected chi connectivity index (χ1v) is 19.7. The molecule has 4 atom stereocenters. The third-order valence-corrected chi connectivity index (χ3v) is 11.9. The Morgan fingerprint density at radius 1 is 0.778 bits per heavy atom. The highest BCUT2D eigenvalue weighted by molar-refractivity contribution is 7.27. The van der Waals surface area contributed by atoms with E-state index in [1.54, 1.807) is 38.7 Å². The number of hydrogen-bond donors (Lipinski definition) is 4. The Morgan fingerprint density at radius 2 is 1.31 bits per heavy atom. The molecular formula is C38H44N8O6S2. The Bertz CT molecular complexity index is 2140. The summed E-state index contributed by atoms with van der Waals surface area (Å²) in [5, 5.41) is 9.46. The standard InChI is InChI=1S/C38H44N8O6S2/c1-21(2)29(43-37(49)51-5)35(47)45-15-9-13-27(45)33-39-17-24(41-33)12-8-7-11-23-19-53-32-25(20-54-31(23)32)26-18-40-34(42-26)28-14-10-16-46(28)36(48)30(22(3)4)44-38(50)52-6/h17-22,27-30H,9-10,13-16H2,1-6H3,(H,39,41)(H,40,42)(H,43,49)(H,44,50)/t27?,28?,29?,30-/m0/s1. The van der Waals surface area contributed by atoms with Gasteiger partial charge in [-0.05, 0) is 55.3 Å². The number of likely N-dealkylation sites (tertiary alicyclic amines) is 2. The summed E-state index contributed by atoms with van der Waals surface area (Å²) in [7, 11) is 2.56. The number of nitrogens with zero attached hydrogens (tertiary/aromatic N) is 4. The van der Waals surface area contributed by atoms with E-state index in [2.05, 4.69) is 54.6 Å². The molecule has 4 N–H and O–H groups in total. The molecular weight excluding hydrogens is 729 g/mol. The number of nitrogens with one attached hydrogen (secondary N) is 4. The number of amides is 4. The van der Waals surface area contributed by atoms with Crippen LogP contribution in [-0.2, 0) is 19.1 Å². The van der Waals surface area contributed by atoms with Crippen molar-refractivity contribution in [2.45, 2.75) is 77.5 Å². The number of fused-ring (bicyclic) bond motifs is 1. The van der Waals surface area contributed by atoms with Crippen LogP contribution in [0, 0.1) is 35.5 Å². The average Bonchev–Trinajstić information content (AvgIpc) is 4.00. The summed E-state index contributed by atoms with van der Waals surface area (Å²) in [6.07, 6.45) is 5.37. The van der Waals surface area contributed by atoms with Gasteiger partial charge in [0.05, 0.1) is 59.4 Å². The van der Waals surface area contributed by atoms with Crippen LogP contribution >= 0.6 is 22.7 Å². The lowest BCUT2D eigenvalue weighted by atomic mass is 10.0. The van der Waals surface area contributed by atoms with E-state index >= 15 is 0 Å². The summed E-state index contributed by atoms with van der Waals surface area (Å²) in [4.78, 5) is 70.3. The maximum Gasteiger partial charge on any atom is 0.407 e. The molecule has 2 saturated heterocycles. The molecule has 4 amide bonds. The van der Waals surface area contributed by atoms with Crippen LogP contribution in [0.3, 0.4) is 0 Å². The zero-order valence-corrected chi connectivity index (χ0v) is 32.7. The zero-order valence-electron chi connectivity index (χ0n) is 31.1. The second kappa shape index (κ2) is 16.8. The number of rotatable bonds is 9. The van der Waals surface area contributed by atoms with Crippen LogP contribution in [0.25, 0.3) is 20.7 Å². The zero-order chi connectivity index (χ0) is 38.5. The largest absolute Gasteiger partial charge is 0.453 e. The number of alkyl carbamates (subject to hydrolysis) is 2. The van der Waals surface area contributed by atoms with E-state index < -0.39 is 24.3 Å². The summed E-state index contributed by atoms with van der Waals surface area (Å²) in [6.45, 7) is 8.71. The number of aromatic nitrogens is 4. The minimum Gasteiger partial charge on any atom is -0.453 e. The monoisotopic (exact) mass is 772 g/mol. The van der Waals surface area contributed by atoms with Crippen LogP contribution in [0.5, 0.6) is 0 Å². The highest BCUT2D eigenvalue weighted by Gasteiger charge is 2.39. The van der Waals surface area contributed by atoms with Crippen LogP contribution in [-0.4, -0.2) is 93.1 Å². The molecule has 0 saturated carbocycles. The van der Waals surface area contributed by atoms with Gasteiger partial charge in [-0.2, -0.15) is 0 Å². The molecule has 4 aromatic rings. The quantitative estimate of drug-likeness (QED) is 0.160. The van der Waals surface area contributed by atoms with Gasteiger partial charge >= 0.3 is 12.2 Å². The minimum absolute atomic E-state index is 0.112. The normalized spacial score (nSPS) is 17.9. The summed E-state index contributed by atoms with van der Waals surface area (Å²) in [6, 6.07) is -1.87. The number of imidazole rings is 2. The van der Waals surface area contributed by atoms with E-state index in [1.807, 2.05) is 39.3 Å². The molecule has 54 heavy (non-hydrogen) atoms. The molecule has 2 aliphatic heterocycles. The van der Waals surface area contributed by atoms with E-state index in [0.29, 0.717) is 30.4 Å². The first-order valence-electron chi connectivity index (χ1n) is 17.9. The fraction of sp³-hybridized carbons (Fsp3) is 0.474. The molecule has 0 aliphatic carbocycles. The maximum atomic E-state index is 13.6. The number of methoxy groups -OCH3 is 2. The smallest absolute Gasteiger partial charge is 0.407 e. The number of ether oxygens (including phenoxy) is 2. The topological polar surface area (TPSA) is 175 Å². The van der Waals surface area contributed by atoms with Crippen LogP contribution in [0.2, 0.25) is 0 Å². The van der Waals surface area contributed by atoms with Crippen molar-refractivity contribution in [2.75, 3.05) is 27.3 Å². The molecule has 3 unspecified atom stereocenters.